The molecule has 1 saturated heterocycles. The average Bonchev–Trinajstić information content (AvgIpc) is 3.43. The summed E-state index contributed by atoms with van der Waals surface area (Å²) >= 11 is 0. The molecule has 1 heterocycles. The molecular formula is C67H120O12. The maximum Gasteiger partial charge on any atom is 0.335 e. The van der Waals surface area contributed by atoms with Crippen LogP contribution in [0.1, 0.15) is 316 Å². The highest BCUT2D eigenvalue weighted by Crippen LogP contribution is 2.27. The molecule has 3 N–H and O–H groups in total. The summed E-state index contributed by atoms with van der Waals surface area (Å²) in [5, 5.41) is 31.6. The van der Waals surface area contributed by atoms with E-state index in [1.54, 1.807) is 0 Å². The van der Waals surface area contributed by atoms with Crippen molar-refractivity contribution in [3.8, 4) is 0 Å². The average molecular weight is 1120 g/mol. The van der Waals surface area contributed by atoms with Gasteiger partial charge in [-0.2, -0.15) is 0 Å². The quantitative estimate of drug-likeness (QED) is 0.0228. The van der Waals surface area contributed by atoms with Crippen molar-refractivity contribution >= 4 is 23.9 Å². The van der Waals surface area contributed by atoms with Crippen LogP contribution in [0.25, 0.3) is 0 Å². The highest BCUT2D eigenvalue weighted by molar-refractivity contribution is 5.74. The Kier molecular flexibility index (Phi) is 51.9. The van der Waals surface area contributed by atoms with Crippen molar-refractivity contribution in [2.75, 3.05) is 13.2 Å². The second kappa shape index (κ2) is 55.5. The van der Waals surface area contributed by atoms with Crippen LogP contribution in [-0.2, 0) is 42.9 Å². The molecule has 0 aromatic rings. The number of rotatable bonds is 57. The zero-order chi connectivity index (χ0) is 57.5. The first-order chi connectivity index (χ1) is 38.6. The zero-order valence-electron chi connectivity index (χ0n) is 50.9. The third-order valence-corrected chi connectivity index (χ3v) is 15.2. The smallest absolute Gasteiger partial charge is 0.335 e. The first kappa shape index (κ1) is 74.0. The van der Waals surface area contributed by atoms with Gasteiger partial charge in [0.2, 0.25) is 0 Å². The Morgan fingerprint density at radius 2 is 0.722 bits per heavy atom. The van der Waals surface area contributed by atoms with Gasteiger partial charge in [0, 0.05) is 19.3 Å². The van der Waals surface area contributed by atoms with Crippen molar-refractivity contribution in [3.05, 3.63) is 36.5 Å². The van der Waals surface area contributed by atoms with Crippen molar-refractivity contribution in [2.24, 2.45) is 0 Å². The summed E-state index contributed by atoms with van der Waals surface area (Å²) in [5.74, 6) is -3.11. The van der Waals surface area contributed by atoms with Crippen molar-refractivity contribution in [2.45, 2.75) is 353 Å². The number of hydrogen-bond donors (Lipinski definition) is 3. The fourth-order valence-electron chi connectivity index (χ4n) is 10.1. The van der Waals surface area contributed by atoms with E-state index in [4.69, 9.17) is 23.7 Å². The number of carboxylic acid groups (broad SMARTS) is 1. The number of esters is 3. The van der Waals surface area contributed by atoms with Gasteiger partial charge in [0.25, 0.3) is 0 Å². The molecule has 460 valence electrons. The van der Waals surface area contributed by atoms with E-state index >= 15 is 0 Å². The lowest BCUT2D eigenvalue weighted by Crippen LogP contribution is -2.61. The van der Waals surface area contributed by atoms with Gasteiger partial charge >= 0.3 is 23.9 Å². The summed E-state index contributed by atoms with van der Waals surface area (Å²) in [4.78, 5) is 51.3. The molecule has 0 saturated carbocycles. The molecule has 0 radical (unpaired) electrons. The molecule has 0 spiro atoms. The molecule has 79 heavy (non-hydrogen) atoms. The monoisotopic (exact) mass is 1120 g/mol. The van der Waals surface area contributed by atoms with Crippen LogP contribution in [0, 0.1) is 0 Å². The molecule has 0 aromatic carbocycles. The van der Waals surface area contributed by atoms with E-state index in [9.17, 15) is 34.5 Å². The van der Waals surface area contributed by atoms with Gasteiger partial charge in [-0.3, -0.25) is 14.4 Å². The fraction of sp³-hybridized carbons (Fsp3) is 0.851. The number of aliphatic hydroxyl groups is 2. The number of aliphatic carboxylic acids is 1. The third kappa shape index (κ3) is 45.2. The predicted molar refractivity (Wildman–Crippen MR) is 322 cm³/mol. The Hall–Kier alpha value is -3.06. The minimum atomic E-state index is -1.90. The van der Waals surface area contributed by atoms with Gasteiger partial charge in [-0.15, -0.1) is 0 Å². The number of allylic oxidation sites excluding steroid dienone is 6. The summed E-state index contributed by atoms with van der Waals surface area (Å²) in [5.41, 5.74) is 0. The summed E-state index contributed by atoms with van der Waals surface area (Å²) < 4.78 is 28.5. The van der Waals surface area contributed by atoms with E-state index in [0.29, 0.717) is 19.3 Å². The van der Waals surface area contributed by atoms with Crippen molar-refractivity contribution in [1.82, 2.24) is 0 Å². The molecule has 6 unspecified atom stereocenters. The molecule has 6 atom stereocenters. The van der Waals surface area contributed by atoms with Crippen molar-refractivity contribution in [3.63, 3.8) is 0 Å². The second-order valence-corrected chi connectivity index (χ2v) is 22.7. The van der Waals surface area contributed by atoms with Crippen LogP contribution >= 0.6 is 0 Å². The molecule has 0 bridgehead atoms. The van der Waals surface area contributed by atoms with E-state index in [-0.39, 0.29) is 25.9 Å². The van der Waals surface area contributed by atoms with Gasteiger partial charge in [-0.1, -0.05) is 237 Å². The number of unbranched alkanes of at least 4 members (excludes halogenated alkanes) is 37. The minimum absolute atomic E-state index is 0.0600. The molecule has 12 heteroatoms. The van der Waals surface area contributed by atoms with E-state index in [1.807, 2.05) is 0 Å². The SMILES string of the molecule is CCCCCC/C=C\CCCCCCCC(=O)OC(COC(=O)CCCCCCCCC/C=C\CCCCCCCC)COC1OC(C(=O)O)C(O)C(O)C1OC(=O)CCCCCCCCCCC/C=C\CCCCCCCC. The lowest BCUT2D eigenvalue weighted by molar-refractivity contribution is -0.301. The first-order valence-corrected chi connectivity index (χ1v) is 33.0. The highest BCUT2D eigenvalue weighted by atomic mass is 16.7. The summed E-state index contributed by atoms with van der Waals surface area (Å²) in [6.45, 7) is 6.00. The molecule has 0 amide bonds. The van der Waals surface area contributed by atoms with Crippen LogP contribution in [0.3, 0.4) is 0 Å². The summed E-state index contributed by atoms with van der Waals surface area (Å²) in [6, 6.07) is 0. The summed E-state index contributed by atoms with van der Waals surface area (Å²) in [7, 11) is 0. The zero-order valence-corrected chi connectivity index (χ0v) is 50.9. The molecule has 1 aliphatic rings. The van der Waals surface area contributed by atoms with Crippen LogP contribution in [-0.4, -0.2) is 89.2 Å². The van der Waals surface area contributed by atoms with Crippen LogP contribution in [0.5, 0.6) is 0 Å². The van der Waals surface area contributed by atoms with E-state index in [0.717, 1.165) is 96.3 Å². The maximum atomic E-state index is 13.2. The number of hydrogen-bond acceptors (Lipinski definition) is 11. The van der Waals surface area contributed by atoms with Crippen LogP contribution in [0.4, 0.5) is 0 Å². The van der Waals surface area contributed by atoms with Gasteiger partial charge in [0.15, 0.2) is 24.6 Å². The van der Waals surface area contributed by atoms with Crippen LogP contribution in [0.2, 0.25) is 0 Å². The van der Waals surface area contributed by atoms with E-state index in [1.165, 1.54) is 161 Å². The fourth-order valence-corrected chi connectivity index (χ4v) is 10.1. The Balaban J connectivity index is 2.63. The Morgan fingerprint density at radius 3 is 1.09 bits per heavy atom. The van der Waals surface area contributed by atoms with Gasteiger partial charge in [-0.05, 0) is 96.3 Å². The Morgan fingerprint density at radius 1 is 0.405 bits per heavy atom. The van der Waals surface area contributed by atoms with Gasteiger partial charge < -0.3 is 39.0 Å². The van der Waals surface area contributed by atoms with Crippen LogP contribution in [0.15, 0.2) is 36.5 Å². The maximum absolute atomic E-state index is 13.2. The second-order valence-electron chi connectivity index (χ2n) is 22.7. The topological polar surface area (TPSA) is 175 Å². The molecular weight excluding hydrogens is 997 g/mol. The molecule has 1 rings (SSSR count). The molecule has 1 fully saturated rings. The number of carbonyl (C=O) groups is 4. The van der Waals surface area contributed by atoms with Crippen molar-refractivity contribution < 1.29 is 58.2 Å². The predicted octanol–water partition coefficient (Wildman–Crippen LogP) is 17.6. The Bertz CT molecular complexity index is 1510. The normalized spacial score (nSPS) is 18.0. The number of carbonyl (C=O) groups excluding carboxylic acids is 3. The van der Waals surface area contributed by atoms with Crippen LogP contribution < -0.4 is 0 Å². The standard InChI is InChI=1S/C67H120O12/c1-4-7-10-13-16-19-22-25-27-29-30-32-34-37-40-43-46-49-52-55-61(70)78-65-63(72)62(71)64(66(73)74)79-67(65)76-57-58(77-60(69)54-51-48-45-42-39-35-24-21-18-15-12-9-6-3)56-75-59(68)53-50-47-44-41-38-36-33-31-28-26-23-20-17-14-11-8-5-2/h21,24-28,58,62-65,67,71-72H,4-20,22-23,29-57H2,1-3H3,(H,73,74)/b24-21-,27-25-,28-26-. The number of ether oxygens (including phenoxy) is 5. The van der Waals surface area contributed by atoms with E-state index < -0.39 is 67.3 Å². The molecule has 1 aliphatic heterocycles. The van der Waals surface area contributed by atoms with Crippen molar-refractivity contribution in [1.29, 1.82) is 0 Å². The van der Waals surface area contributed by atoms with Gasteiger partial charge in [0.1, 0.15) is 18.8 Å². The minimum Gasteiger partial charge on any atom is -0.479 e. The lowest BCUT2D eigenvalue weighted by atomic mass is 9.98. The molecule has 12 nitrogen and oxygen atoms in total. The molecule has 0 aliphatic carbocycles. The third-order valence-electron chi connectivity index (χ3n) is 15.2. The first-order valence-electron chi connectivity index (χ1n) is 33.0. The number of carboxylic acids is 1. The van der Waals surface area contributed by atoms with Gasteiger partial charge in [-0.25, -0.2) is 4.79 Å². The number of aliphatic hydroxyl groups excluding tert-OH is 2. The molecule has 0 aromatic heterocycles. The lowest BCUT2D eigenvalue weighted by Gasteiger charge is -2.40. The summed E-state index contributed by atoms with van der Waals surface area (Å²) in [6.07, 6.45) is 53.9. The Labute approximate surface area is 482 Å². The van der Waals surface area contributed by atoms with Gasteiger partial charge in [0.05, 0.1) is 6.61 Å². The highest BCUT2D eigenvalue weighted by Gasteiger charge is 2.50. The van der Waals surface area contributed by atoms with E-state index in [2.05, 4.69) is 57.2 Å². The largest absolute Gasteiger partial charge is 0.479 e.